The average molecular weight is 392 g/mol. The van der Waals surface area contributed by atoms with E-state index in [4.69, 9.17) is 4.42 Å². The van der Waals surface area contributed by atoms with E-state index in [9.17, 15) is 9.59 Å². The fourth-order valence-corrected chi connectivity index (χ4v) is 3.23. The van der Waals surface area contributed by atoms with Gasteiger partial charge in [0, 0.05) is 11.0 Å². The number of aryl methyl sites for hydroxylation is 2. The fourth-order valence-electron chi connectivity index (χ4n) is 2.73. The molecule has 1 aliphatic rings. The van der Waals surface area contributed by atoms with Crippen LogP contribution in [0.3, 0.4) is 0 Å². The zero-order valence-electron chi connectivity index (χ0n) is 13.5. The molecule has 3 rings (SSSR count). The Hall–Kier alpha value is -2.15. The van der Waals surface area contributed by atoms with Crippen molar-refractivity contribution in [1.29, 1.82) is 0 Å². The number of nitrogens with one attached hydrogen (secondary N) is 1. The first kappa shape index (κ1) is 16.7. The van der Waals surface area contributed by atoms with Crippen LogP contribution < -0.4 is 10.2 Å². The summed E-state index contributed by atoms with van der Waals surface area (Å²) in [4.78, 5) is 30.8. The van der Waals surface area contributed by atoms with Crippen LogP contribution in [0.4, 0.5) is 5.69 Å². The van der Waals surface area contributed by atoms with Crippen molar-refractivity contribution in [3.63, 3.8) is 0 Å². The van der Waals surface area contributed by atoms with E-state index in [0.29, 0.717) is 18.9 Å². The molecule has 7 heteroatoms. The van der Waals surface area contributed by atoms with Crippen molar-refractivity contribution in [2.45, 2.75) is 26.8 Å². The number of amides is 2. The lowest BCUT2D eigenvalue weighted by Gasteiger charge is -2.18. The number of carbonyl (C=O) groups is 2. The van der Waals surface area contributed by atoms with Crippen molar-refractivity contribution in [2.24, 2.45) is 5.92 Å². The minimum atomic E-state index is -0.672. The number of hydrogen-bond acceptors (Lipinski definition) is 4. The molecule has 0 aliphatic carbocycles. The number of para-hydroxylation sites is 1. The van der Waals surface area contributed by atoms with Gasteiger partial charge in [-0.05, 0) is 48.3 Å². The Morgan fingerprint density at radius 1 is 1.42 bits per heavy atom. The molecular formula is C17H18BrN3O3. The van der Waals surface area contributed by atoms with Gasteiger partial charge in [0.15, 0.2) is 0 Å². The van der Waals surface area contributed by atoms with Gasteiger partial charge in [-0.15, -0.1) is 0 Å². The smallest absolute Gasteiger partial charge is 0.239 e. The van der Waals surface area contributed by atoms with Gasteiger partial charge in [-0.25, -0.2) is 4.98 Å². The Kier molecular flexibility index (Phi) is 4.71. The molecule has 2 aromatic rings. The summed E-state index contributed by atoms with van der Waals surface area (Å²) in [5.41, 5.74) is 1.59. The van der Waals surface area contributed by atoms with Gasteiger partial charge in [-0.2, -0.15) is 0 Å². The molecule has 1 N–H and O–H groups in total. The van der Waals surface area contributed by atoms with Crippen molar-refractivity contribution in [2.75, 3.05) is 11.4 Å². The van der Waals surface area contributed by atoms with Crippen LogP contribution in [0.5, 0.6) is 0 Å². The third kappa shape index (κ3) is 3.21. The van der Waals surface area contributed by atoms with Crippen molar-refractivity contribution in [3.05, 3.63) is 46.1 Å². The maximum atomic E-state index is 12.6. The van der Waals surface area contributed by atoms with Gasteiger partial charge < -0.3 is 14.6 Å². The summed E-state index contributed by atoms with van der Waals surface area (Å²) in [6.45, 7) is 4.38. The molecule has 0 bridgehead atoms. The second-order valence-corrected chi connectivity index (χ2v) is 6.60. The quantitative estimate of drug-likeness (QED) is 0.812. The fraction of sp³-hybridized carbons (Fsp3) is 0.353. The van der Waals surface area contributed by atoms with Gasteiger partial charge in [0.25, 0.3) is 0 Å². The van der Waals surface area contributed by atoms with E-state index in [-0.39, 0.29) is 18.4 Å². The minimum Gasteiger partial charge on any atom is -0.444 e. The molecule has 1 atom stereocenters. The molecule has 1 aromatic carbocycles. The maximum Gasteiger partial charge on any atom is 0.239 e. The van der Waals surface area contributed by atoms with Crippen molar-refractivity contribution >= 4 is 33.4 Å². The van der Waals surface area contributed by atoms with Gasteiger partial charge in [-0.3, -0.25) is 9.59 Å². The van der Waals surface area contributed by atoms with E-state index in [1.54, 1.807) is 4.90 Å². The highest BCUT2D eigenvalue weighted by molar-refractivity contribution is 9.10. The lowest BCUT2D eigenvalue weighted by Crippen LogP contribution is -2.36. The van der Waals surface area contributed by atoms with Crippen LogP contribution >= 0.6 is 15.9 Å². The highest BCUT2D eigenvalue weighted by Crippen LogP contribution is 2.31. The topological polar surface area (TPSA) is 75.4 Å². The molecule has 1 fully saturated rings. The van der Waals surface area contributed by atoms with Crippen LogP contribution in [-0.4, -0.2) is 23.3 Å². The Morgan fingerprint density at radius 3 is 2.83 bits per heavy atom. The molecule has 6 nitrogen and oxygen atoms in total. The first-order valence-electron chi connectivity index (χ1n) is 7.74. The summed E-state index contributed by atoms with van der Waals surface area (Å²) < 4.78 is 6.27. The zero-order valence-corrected chi connectivity index (χ0v) is 15.1. The number of halogens is 1. The Labute approximate surface area is 148 Å². The standard InChI is InChI=1S/C17H18BrN3O3/c1-10-11(2)24-15(20-10)9-19-16(22)12-7-8-21(17(12)23)14-6-4-3-5-13(14)18/h3-6,12H,7-9H2,1-2H3,(H,19,22). The first-order chi connectivity index (χ1) is 11.5. The Bertz CT molecular complexity index is 768. The number of nitrogens with zero attached hydrogens (tertiary/aromatic N) is 2. The van der Waals surface area contributed by atoms with Gasteiger partial charge in [0.1, 0.15) is 11.7 Å². The van der Waals surface area contributed by atoms with Gasteiger partial charge in [0.05, 0.1) is 17.9 Å². The first-order valence-corrected chi connectivity index (χ1v) is 8.53. The van der Waals surface area contributed by atoms with E-state index in [1.807, 2.05) is 38.1 Å². The molecule has 24 heavy (non-hydrogen) atoms. The number of carbonyl (C=O) groups excluding carboxylic acids is 2. The number of benzene rings is 1. The average Bonchev–Trinajstić information content (AvgIpc) is 3.08. The lowest BCUT2D eigenvalue weighted by atomic mass is 10.1. The molecule has 0 radical (unpaired) electrons. The summed E-state index contributed by atoms with van der Waals surface area (Å²) in [6, 6.07) is 7.50. The lowest BCUT2D eigenvalue weighted by molar-refractivity contribution is -0.132. The van der Waals surface area contributed by atoms with Crippen LogP contribution in [0.2, 0.25) is 0 Å². The number of oxazole rings is 1. The molecule has 1 saturated heterocycles. The van der Waals surface area contributed by atoms with Crippen molar-refractivity contribution in [3.8, 4) is 0 Å². The van der Waals surface area contributed by atoms with E-state index in [1.165, 1.54) is 0 Å². The molecule has 1 unspecified atom stereocenters. The monoisotopic (exact) mass is 391 g/mol. The van der Waals surface area contributed by atoms with Crippen LogP contribution in [0.1, 0.15) is 23.8 Å². The molecular weight excluding hydrogens is 374 g/mol. The van der Waals surface area contributed by atoms with Crippen LogP contribution in [0.25, 0.3) is 0 Å². The highest BCUT2D eigenvalue weighted by atomic mass is 79.9. The summed E-state index contributed by atoms with van der Waals surface area (Å²) >= 11 is 3.45. The normalized spacial score (nSPS) is 17.4. The predicted molar refractivity (Wildman–Crippen MR) is 92.4 cm³/mol. The van der Waals surface area contributed by atoms with Gasteiger partial charge >= 0.3 is 0 Å². The van der Waals surface area contributed by atoms with Crippen molar-refractivity contribution < 1.29 is 14.0 Å². The third-order valence-corrected chi connectivity index (χ3v) is 4.82. The zero-order chi connectivity index (χ0) is 17.3. The van der Waals surface area contributed by atoms with E-state index < -0.39 is 5.92 Å². The van der Waals surface area contributed by atoms with E-state index in [2.05, 4.69) is 26.2 Å². The second-order valence-electron chi connectivity index (χ2n) is 5.75. The Balaban J connectivity index is 1.64. The highest BCUT2D eigenvalue weighted by Gasteiger charge is 2.38. The summed E-state index contributed by atoms with van der Waals surface area (Å²) in [7, 11) is 0. The molecule has 126 valence electrons. The molecule has 2 amide bonds. The third-order valence-electron chi connectivity index (χ3n) is 4.15. The number of rotatable bonds is 4. The number of anilines is 1. The SMILES string of the molecule is Cc1nc(CNC(=O)C2CCN(c3ccccc3Br)C2=O)oc1C. The molecule has 0 saturated carbocycles. The number of aromatic nitrogens is 1. The number of hydrogen-bond donors (Lipinski definition) is 1. The van der Waals surface area contributed by atoms with E-state index in [0.717, 1.165) is 21.6 Å². The van der Waals surface area contributed by atoms with Crippen LogP contribution in [0, 0.1) is 19.8 Å². The molecule has 0 spiro atoms. The summed E-state index contributed by atoms with van der Waals surface area (Å²) in [5, 5.41) is 2.74. The predicted octanol–water partition coefficient (Wildman–Crippen LogP) is 2.72. The summed E-state index contributed by atoms with van der Waals surface area (Å²) in [6.07, 6.45) is 0.496. The van der Waals surface area contributed by atoms with Gasteiger partial charge in [0.2, 0.25) is 17.7 Å². The van der Waals surface area contributed by atoms with Gasteiger partial charge in [-0.1, -0.05) is 12.1 Å². The molecule has 1 aliphatic heterocycles. The molecule has 1 aromatic heterocycles. The van der Waals surface area contributed by atoms with Crippen LogP contribution in [0.15, 0.2) is 33.2 Å². The largest absolute Gasteiger partial charge is 0.444 e. The second kappa shape index (κ2) is 6.76. The maximum absolute atomic E-state index is 12.6. The van der Waals surface area contributed by atoms with Crippen LogP contribution in [-0.2, 0) is 16.1 Å². The Morgan fingerprint density at radius 2 is 2.17 bits per heavy atom. The van der Waals surface area contributed by atoms with E-state index >= 15 is 0 Å². The molecule has 2 heterocycles. The summed E-state index contributed by atoms with van der Waals surface area (Å²) in [5.74, 6) is 0.0410. The minimum absolute atomic E-state index is 0.181. The van der Waals surface area contributed by atoms with Crippen molar-refractivity contribution in [1.82, 2.24) is 10.3 Å².